The van der Waals surface area contributed by atoms with Crippen LogP contribution in [0.5, 0.6) is 0 Å². The fourth-order valence-electron chi connectivity index (χ4n) is 3.78. The number of carbonyl (C=O) groups is 1. The molecule has 0 bridgehead atoms. The molecule has 3 rings (SSSR count). The number of carbonyl (C=O) groups excluding carboxylic acids is 1. The van der Waals surface area contributed by atoms with Crippen molar-refractivity contribution < 1.29 is 13.2 Å². The van der Waals surface area contributed by atoms with Crippen molar-refractivity contribution in [3.63, 3.8) is 0 Å². The van der Waals surface area contributed by atoms with Crippen LogP contribution >= 0.6 is 11.6 Å². The number of likely N-dealkylation sites (N-methyl/N-ethyl adjacent to an activating group) is 1. The van der Waals surface area contributed by atoms with E-state index in [2.05, 4.69) is 28.1 Å². The van der Waals surface area contributed by atoms with Crippen molar-refractivity contribution in [3.05, 3.63) is 52.5 Å². The van der Waals surface area contributed by atoms with Crippen molar-refractivity contribution >= 4 is 38.9 Å². The topological polar surface area (TPSA) is 73.0 Å². The van der Waals surface area contributed by atoms with E-state index in [0.717, 1.165) is 44.0 Å². The normalized spacial score (nSPS) is 15.3. The average molecular weight is 493 g/mol. The van der Waals surface area contributed by atoms with Gasteiger partial charge in [-0.3, -0.25) is 4.79 Å². The molecule has 1 aliphatic rings. The summed E-state index contributed by atoms with van der Waals surface area (Å²) in [7, 11) is -2.22. The van der Waals surface area contributed by atoms with E-state index in [-0.39, 0.29) is 21.5 Å². The zero-order valence-electron chi connectivity index (χ0n) is 19.9. The van der Waals surface area contributed by atoms with Crippen LogP contribution in [0.2, 0.25) is 5.02 Å². The number of hydrogen-bond donors (Lipinski definition) is 1. The van der Waals surface area contributed by atoms with Crippen LogP contribution in [-0.2, 0) is 10.0 Å². The second-order valence-corrected chi connectivity index (χ2v) is 11.0. The van der Waals surface area contributed by atoms with E-state index in [1.165, 1.54) is 29.6 Å². The number of nitrogens with zero attached hydrogens (tertiary/aromatic N) is 3. The number of sulfonamides is 1. The Bertz CT molecular complexity index is 1110. The maximum absolute atomic E-state index is 13.0. The zero-order chi connectivity index (χ0) is 24.3. The van der Waals surface area contributed by atoms with Crippen LogP contribution in [0, 0.1) is 6.92 Å². The molecule has 1 heterocycles. The molecular weight excluding hydrogens is 460 g/mol. The minimum atomic E-state index is -3.73. The molecule has 9 heteroatoms. The monoisotopic (exact) mass is 492 g/mol. The summed E-state index contributed by atoms with van der Waals surface area (Å²) in [5, 5.41) is 3.08. The Balaban J connectivity index is 1.79. The summed E-state index contributed by atoms with van der Waals surface area (Å²) in [6.07, 6.45) is 0. The summed E-state index contributed by atoms with van der Waals surface area (Å²) in [5.41, 5.74) is 2.84. The molecule has 1 N–H and O–H groups in total. The third-order valence-electron chi connectivity index (χ3n) is 6.23. The van der Waals surface area contributed by atoms with Gasteiger partial charge in [-0.1, -0.05) is 18.5 Å². The SMILES string of the molecule is CCN1CCN(c2ccc(NC(=O)c3cc(S(=O)(=O)N(C)C(C)C)ccc3Cl)c(C)c2)CC1. The van der Waals surface area contributed by atoms with Crippen LogP contribution in [0.1, 0.15) is 36.7 Å². The van der Waals surface area contributed by atoms with Crippen molar-refractivity contribution in [2.24, 2.45) is 0 Å². The summed E-state index contributed by atoms with van der Waals surface area (Å²) >= 11 is 6.26. The van der Waals surface area contributed by atoms with Crippen LogP contribution in [-0.4, -0.2) is 69.3 Å². The molecule has 0 spiro atoms. The van der Waals surface area contributed by atoms with E-state index in [9.17, 15) is 13.2 Å². The van der Waals surface area contributed by atoms with E-state index in [4.69, 9.17) is 11.6 Å². The van der Waals surface area contributed by atoms with Crippen molar-refractivity contribution in [2.45, 2.75) is 38.6 Å². The van der Waals surface area contributed by atoms with Crippen LogP contribution < -0.4 is 10.2 Å². The third kappa shape index (κ3) is 5.69. The molecule has 0 aromatic heterocycles. The van der Waals surface area contributed by atoms with Crippen molar-refractivity contribution in [1.29, 1.82) is 0 Å². The Labute approximate surface area is 202 Å². The van der Waals surface area contributed by atoms with Gasteiger partial charge in [0, 0.05) is 50.6 Å². The molecule has 7 nitrogen and oxygen atoms in total. The number of nitrogens with one attached hydrogen (secondary N) is 1. The largest absolute Gasteiger partial charge is 0.369 e. The Morgan fingerprint density at radius 3 is 2.36 bits per heavy atom. The second kappa shape index (κ2) is 10.4. The van der Waals surface area contributed by atoms with Gasteiger partial charge in [0.1, 0.15) is 0 Å². The quantitative estimate of drug-likeness (QED) is 0.630. The summed E-state index contributed by atoms with van der Waals surface area (Å²) in [5.74, 6) is -0.448. The van der Waals surface area contributed by atoms with Gasteiger partial charge in [0.2, 0.25) is 10.0 Å². The van der Waals surface area contributed by atoms with Gasteiger partial charge in [0.05, 0.1) is 15.5 Å². The number of amides is 1. The summed E-state index contributed by atoms with van der Waals surface area (Å²) in [6, 6.07) is 9.95. The molecule has 1 amide bonds. The Morgan fingerprint density at radius 1 is 1.12 bits per heavy atom. The predicted molar refractivity (Wildman–Crippen MR) is 135 cm³/mol. The molecule has 1 saturated heterocycles. The van der Waals surface area contributed by atoms with Gasteiger partial charge in [-0.15, -0.1) is 0 Å². The lowest BCUT2D eigenvalue weighted by Crippen LogP contribution is -2.46. The summed E-state index contributed by atoms with van der Waals surface area (Å²) in [4.78, 5) is 17.8. The smallest absolute Gasteiger partial charge is 0.257 e. The lowest BCUT2D eigenvalue weighted by molar-refractivity contribution is 0.102. The van der Waals surface area contributed by atoms with Crippen molar-refractivity contribution in [1.82, 2.24) is 9.21 Å². The number of hydrogen-bond acceptors (Lipinski definition) is 5. The van der Waals surface area contributed by atoms with Gasteiger partial charge < -0.3 is 15.1 Å². The maximum atomic E-state index is 13.0. The first-order valence-electron chi connectivity index (χ1n) is 11.2. The van der Waals surface area contributed by atoms with Gasteiger partial charge >= 0.3 is 0 Å². The van der Waals surface area contributed by atoms with Gasteiger partial charge in [-0.05, 0) is 69.3 Å². The highest BCUT2D eigenvalue weighted by molar-refractivity contribution is 7.89. The highest BCUT2D eigenvalue weighted by Crippen LogP contribution is 2.27. The number of benzene rings is 2. The van der Waals surface area contributed by atoms with Crippen LogP contribution in [0.4, 0.5) is 11.4 Å². The first-order valence-corrected chi connectivity index (χ1v) is 13.0. The highest BCUT2D eigenvalue weighted by atomic mass is 35.5. The molecule has 0 atom stereocenters. The van der Waals surface area contributed by atoms with Gasteiger partial charge in [0.15, 0.2) is 0 Å². The minimum Gasteiger partial charge on any atom is -0.369 e. The van der Waals surface area contributed by atoms with Gasteiger partial charge in [-0.2, -0.15) is 4.31 Å². The van der Waals surface area contributed by atoms with Crippen LogP contribution in [0.15, 0.2) is 41.3 Å². The Kier molecular flexibility index (Phi) is 8.05. The molecule has 33 heavy (non-hydrogen) atoms. The highest BCUT2D eigenvalue weighted by Gasteiger charge is 2.25. The number of piperazine rings is 1. The molecule has 180 valence electrons. The van der Waals surface area contributed by atoms with Crippen molar-refractivity contribution in [2.75, 3.05) is 50.0 Å². The minimum absolute atomic E-state index is 0.0338. The molecule has 1 fully saturated rings. The van der Waals surface area contributed by atoms with Crippen LogP contribution in [0.25, 0.3) is 0 Å². The number of aryl methyl sites for hydroxylation is 1. The maximum Gasteiger partial charge on any atom is 0.257 e. The molecule has 2 aromatic carbocycles. The lowest BCUT2D eigenvalue weighted by Gasteiger charge is -2.35. The summed E-state index contributed by atoms with van der Waals surface area (Å²) in [6.45, 7) is 12.8. The first-order chi connectivity index (χ1) is 15.5. The van der Waals surface area contributed by atoms with Gasteiger partial charge in [0.25, 0.3) is 5.91 Å². The van der Waals surface area contributed by atoms with E-state index < -0.39 is 15.9 Å². The summed E-state index contributed by atoms with van der Waals surface area (Å²) < 4.78 is 27.0. The Hall–Kier alpha value is -2.13. The first kappa shape index (κ1) is 25.5. The standard InChI is InChI=1S/C24H33ClN4O3S/c1-6-28-11-13-29(14-12-28)19-7-10-23(18(4)15-19)26-24(30)21-16-20(8-9-22(21)25)33(31,32)27(5)17(2)3/h7-10,15-17H,6,11-14H2,1-5H3,(H,26,30). The second-order valence-electron chi connectivity index (χ2n) is 8.63. The van der Waals surface area contributed by atoms with E-state index in [0.29, 0.717) is 5.69 Å². The lowest BCUT2D eigenvalue weighted by atomic mass is 10.1. The van der Waals surface area contributed by atoms with E-state index in [1.807, 2.05) is 19.1 Å². The third-order valence-corrected chi connectivity index (χ3v) is 8.59. The molecule has 0 aliphatic carbocycles. The molecule has 0 radical (unpaired) electrons. The fraction of sp³-hybridized carbons (Fsp3) is 0.458. The van der Waals surface area contributed by atoms with E-state index in [1.54, 1.807) is 13.8 Å². The average Bonchev–Trinajstić information content (AvgIpc) is 2.79. The number of rotatable bonds is 7. The number of halogens is 1. The molecule has 0 saturated carbocycles. The van der Waals surface area contributed by atoms with Crippen LogP contribution in [0.3, 0.4) is 0 Å². The van der Waals surface area contributed by atoms with Gasteiger partial charge in [-0.25, -0.2) is 8.42 Å². The molecule has 0 unspecified atom stereocenters. The molecule has 1 aliphatic heterocycles. The predicted octanol–water partition coefficient (Wildman–Crippen LogP) is 4.07. The molecule has 2 aromatic rings. The number of anilines is 2. The molecular formula is C24H33ClN4O3S. The Morgan fingerprint density at radius 2 is 1.79 bits per heavy atom. The van der Waals surface area contributed by atoms with E-state index >= 15 is 0 Å². The fourth-order valence-corrected chi connectivity index (χ4v) is 5.38. The van der Waals surface area contributed by atoms with Crippen molar-refractivity contribution in [3.8, 4) is 0 Å². The zero-order valence-corrected chi connectivity index (χ0v) is 21.5.